The summed E-state index contributed by atoms with van der Waals surface area (Å²) in [6, 6.07) is 34.2. The van der Waals surface area contributed by atoms with Crippen LogP contribution in [0.1, 0.15) is 113 Å². The Kier molecular flexibility index (Phi) is 21.0. The predicted octanol–water partition coefficient (Wildman–Crippen LogP) is 10.7. The van der Waals surface area contributed by atoms with E-state index < -0.39 is 73.2 Å². The molecule has 7 N–H and O–H groups in total. The Hall–Kier alpha value is -11.5. The van der Waals surface area contributed by atoms with Crippen molar-refractivity contribution in [1.29, 1.82) is 0 Å². The van der Waals surface area contributed by atoms with Crippen molar-refractivity contribution in [3.63, 3.8) is 0 Å². The highest BCUT2D eigenvalue weighted by molar-refractivity contribution is 6.62. The number of fused-ring (bicyclic) bond motifs is 4. The Balaban J connectivity index is 0.000000146. The van der Waals surface area contributed by atoms with Crippen LogP contribution in [0.15, 0.2) is 193 Å². The molecule has 4 aromatic carbocycles. The minimum absolute atomic E-state index is 0.00747. The standard InChI is InChI=1S/C29H23F3N8O2.C24H19ClN6O2.C11H16BF3N2O2.C9H15BN2O2/c1-17(36-27(41)24-25(33)37-39-12-6-11-34-26(24)39)22-13-18-7-5-10-21(19-14-35-38(15-19)16-29(30,31)32)23(18)28(42)40(22)20-8-3-2-4-9-20;1-14(28-23(32)20-21(26)29-30-12-6-11-27-22(20)30)18-13-15-7-5-10-17(25)19(15)24(33)31(18)16-8-3-2-4-9-16;1-9(2)10(3,4)19-12(18-9)8-5-16-17(6-8)7-11(13,14)15;1-8(2)9(3,4)14-10(13-8)7-5-11-12-6-7/h2-15,17H,16H2,1H3,(H2,33,37)(H,36,41);2-14H,1H3,(H2,26,29)(H,28,32);5-6H,7H2,1-4H3;5-6H,1-4H3,(H,11,12)/t17-;14-;;/m00../s1. The van der Waals surface area contributed by atoms with Gasteiger partial charge in [0.1, 0.15) is 24.2 Å². The maximum atomic E-state index is 14.2. The van der Waals surface area contributed by atoms with Crippen LogP contribution < -0.4 is 44.1 Å². The van der Waals surface area contributed by atoms with Crippen LogP contribution in [0, 0.1) is 0 Å². The Bertz CT molecular complexity index is 5560. The first-order chi connectivity index (χ1) is 51.0. The third-order valence-corrected chi connectivity index (χ3v) is 19.2. The lowest BCUT2D eigenvalue weighted by atomic mass is 9.82. The van der Waals surface area contributed by atoms with Crippen LogP contribution in [0.4, 0.5) is 38.0 Å². The molecule has 108 heavy (non-hydrogen) atoms. The second-order valence-corrected chi connectivity index (χ2v) is 28.0. The van der Waals surface area contributed by atoms with Crippen LogP contribution in [-0.4, -0.2) is 129 Å². The zero-order chi connectivity index (χ0) is 77.6. The number of nitrogens with zero attached hydrogens (tertiary/aromatic N) is 13. The molecule has 2 aliphatic heterocycles. The Morgan fingerprint density at radius 3 is 1.46 bits per heavy atom. The number of carbonyl (C=O) groups is 2. The molecule has 2 fully saturated rings. The second kappa shape index (κ2) is 29.7. The lowest BCUT2D eigenvalue weighted by molar-refractivity contribution is -0.143. The SMILES string of the molecule is CC1(C)OB(c2cn[nH]c2)OC1(C)C.CC1(C)OB(c2cnn(CC(F)(F)F)c2)OC1(C)C.C[C@H](NC(=O)c1c(N)nn2cccnc12)c1cc2cccc(-c3cnn(CC(F)(F)F)c3)c2c(=O)n1-c1ccccc1.C[C@H](NC(=O)c1c(N)nn2cccnc12)c1cc2cccc(Cl)c2c(=O)n1-c1ccccc1. The maximum Gasteiger partial charge on any atom is 0.498 e. The molecule has 15 rings (SSSR count). The Morgan fingerprint density at radius 1 is 0.565 bits per heavy atom. The highest BCUT2D eigenvalue weighted by atomic mass is 35.5. The molecule has 2 amide bonds. The summed E-state index contributed by atoms with van der Waals surface area (Å²) in [5.41, 5.74) is 15.2. The number of nitrogens with two attached hydrogens (primary N) is 2. The number of nitrogens with one attached hydrogen (secondary N) is 3. The molecule has 2 atom stereocenters. The smallest absolute Gasteiger partial charge is 0.399 e. The summed E-state index contributed by atoms with van der Waals surface area (Å²) in [6.45, 7) is 16.8. The summed E-state index contributed by atoms with van der Waals surface area (Å²) in [6.07, 6.45) is 6.38. The number of benzene rings is 4. The zero-order valence-electron chi connectivity index (χ0n) is 59.9. The average Bonchev–Trinajstić information content (AvgIpc) is 1.04. The van der Waals surface area contributed by atoms with E-state index in [1.165, 1.54) is 44.6 Å². The zero-order valence-corrected chi connectivity index (χ0v) is 60.7. The van der Waals surface area contributed by atoms with Crippen molar-refractivity contribution in [2.45, 2.75) is 129 Å². The molecule has 0 spiro atoms. The Labute approximate surface area is 618 Å². The van der Waals surface area contributed by atoms with E-state index in [2.05, 4.69) is 51.2 Å². The summed E-state index contributed by atoms with van der Waals surface area (Å²) in [5, 5.41) is 30.6. The van der Waals surface area contributed by atoms with Gasteiger partial charge in [0.15, 0.2) is 22.9 Å². The van der Waals surface area contributed by atoms with Crippen molar-refractivity contribution in [2.24, 2.45) is 0 Å². The van der Waals surface area contributed by atoms with Crippen molar-refractivity contribution in [3.8, 4) is 22.5 Å². The summed E-state index contributed by atoms with van der Waals surface area (Å²) >= 11 is 6.37. The molecule has 2 saturated heterocycles. The van der Waals surface area contributed by atoms with Gasteiger partial charge >= 0.3 is 26.6 Å². The van der Waals surface area contributed by atoms with Crippen molar-refractivity contribution >= 4 is 93.1 Å². The number of hydrogen-bond acceptors (Lipinski definition) is 17. The van der Waals surface area contributed by atoms with Crippen LogP contribution in [0.5, 0.6) is 0 Å². The molecule has 0 radical (unpaired) electrons. The third kappa shape index (κ3) is 16.0. The Morgan fingerprint density at radius 2 is 1.00 bits per heavy atom. The van der Waals surface area contributed by atoms with Crippen LogP contribution in [0.2, 0.25) is 5.02 Å². The number of aromatic nitrogens is 14. The number of carbonyl (C=O) groups excluding carboxylic acids is 2. The van der Waals surface area contributed by atoms with E-state index in [4.69, 9.17) is 41.7 Å². The first-order valence-electron chi connectivity index (χ1n) is 33.8. The van der Waals surface area contributed by atoms with Gasteiger partial charge in [0.05, 0.1) is 56.5 Å². The minimum atomic E-state index is -4.44. The number of alkyl halides is 6. The van der Waals surface area contributed by atoms with Crippen LogP contribution in [-0.2, 0) is 31.7 Å². The molecular formula is C73H73B2ClF6N18O8. The molecule has 26 nitrogen and oxygen atoms in total. The van der Waals surface area contributed by atoms with Gasteiger partial charge in [-0.25, -0.2) is 19.0 Å². The van der Waals surface area contributed by atoms with E-state index in [0.29, 0.717) is 71.6 Å². The number of pyridine rings is 2. The minimum Gasteiger partial charge on any atom is -0.399 e. The highest BCUT2D eigenvalue weighted by Crippen LogP contribution is 2.39. The number of anilines is 2. The lowest BCUT2D eigenvalue weighted by Gasteiger charge is -2.32. The van der Waals surface area contributed by atoms with Gasteiger partial charge in [-0.2, -0.15) is 41.6 Å². The number of aromatic amines is 1. The molecule has 0 aliphatic carbocycles. The molecule has 9 aromatic heterocycles. The summed E-state index contributed by atoms with van der Waals surface area (Å²) in [7, 11) is -0.995. The van der Waals surface area contributed by atoms with Crippen molar-refractivity contribution in [3.05, 3.63) is 232 Å². The van der Waals surface area contributed by atoms with Gasteiger partial charge in [-0.3, -0.25) is 42.8 Å². The van der Waals surface area contributed by atoms with E-state index in [9.17, 15) is 45.5 Å². The number of para-hydroxylation sites is 2. The van der Waals surface area contributed by atoms with Gasteiger partial charge in [0.2, 0.25) is 0 Å². The van der Waals surface area contributed by atoms with E-state index in [1.54, 1.807) is 122 Å². The van der Waals surface area contributed by atoms with Gasteiger partial charge in [-0.15, -0.1) is 10.2 Å². The monoisotopic (exact) mass is 1500 g/mol. The fourth-order valence-corrected chi connectivity index (χ4v) is 12.4. The van der Waals surface area contributed by atoms with Crippen molar-refractivity contribution in [2.75, 3.05) is 11.5 Å². The molecule has 558 valence electrons. The fourth-order valence-electron chi connectivity index (χ4n) is 12.1. The number of halogens is 7. The lowest BCUT2D eigenvalue weighted by Crippen LogP contribution is -2.41. The van der Waals surface area contributed by atoms with Crippen LogP contribution in [0.3, 0.4) is 0 Å². The van der Waals surface area contributed by atoms with E-state index in [0.717, 1.165) is 14.8 Å². The number of amides is 2. The van der Waals surface area contributed by atoms with Crippen LogP contribution >= 0.6 is 11.6 Å². The summed E-state index contributed by atoms with van der Waals surface area (Å²) in [4.78, 5) is 62.8. The quantitative estimate of drug-likeness (QED) is 0.0529. The number of rotatable bonds is 13. The first kappa shape index (κ1) is 76.2. The summed E-state index contributed by atoms with van der Waals surface area (Å²) < 4.78 is 106. The fraction of sp³-hybridized carbons (Fsp3) is 0.274. The molecule has 0 bridgehead atoms. The molecule has 35 heteroatoms. The third-order valence-electron chi connectivity index (χ3n) is 18.9. The number of H-pyrrole nitrogens is 1. The average molecular weight is 1500 g/mol. The van der Waals surface area contributed by atoms with E-state index in [-0.39, 0.29) is 52.3 Å². The predicted molar refractivity (Wildman–Crippen MR) is 396 cm³/mol. The maximum absolute atomic E-state index is 14.2. The van der Waals surface area contributed by atoms with Gasteiger partial charge < -0.3 is 40.7 Å². The van der Waals surface area contributed by atoms with Gasteiger partial charge in [-0.1, -0.05) is 78.3 Å². The highest BCUT2D eigenvalue weighted by Gasteiger charge is 2.53. The first-order valence-corrected chi connectivity index (χ1v) is 34.2. The molecule has 13 aromatic rings. The van der Waals surface area contributed by atoms with Crippen LogP contribution in [0.25, 0.3) is 55.3 Å². The number of hydrogen-bond donors (Lipinski definition) is 5. The second-order valence-electron chi connectivity index (χ2n) is 27.6. The van der Waals surface area contributed by atoms with Crippen molar-refractivity contribution < 1.29 is 54.5 Å². The number of nitrogen functional groups attached to an aromatic ring is 2. The molecule has 2 aliphatic rings. The van der Waals surface area contributed by atoms with E-state index >= 15 is 0 Å². The van der Waals surface area contributed by atoms with Gasteiger partial charge in [0.25, 0.3) is 22.9 Å². The molecular weight excluding hydrogens is 1430 g/mol. The van der Waals surface area contributed by atoms with E-state index in [1.807, 2.05) is 104 Å². The van der Waals surface area contributed by atoms with Gasteiger partial charge in [-0.05, 0) is 140 Å². The summed E-state index contributed by atoms with van der Waals surface area (Å²) in [5.74, 6) is -0.879. The van der Waals surface area contributed by atoms with Gasteiger partial charge in [0, 0.05) is 95.0 Å². The molecule has 0 saturated carbocycles. The largest absolute Gasteiger partial charge is 0.498 e. The topological polar surface area (TPSA) is 316 Å². The molecule has 0 unspecified atom stereocenters. The van der Waals surface area contributed by atoms with Crippen molar-refractivity contribution in [1.82, 2.24) is 78.7 Å². The molecule has 11 heterocycles. The normalized spacial score (nSPS) is 15.6.